The Morgan fingerprint density at radius 3 is 2.10 bits per heavy atom. The Labute approximate surface area is 117 Å². The Kier molecular flexibility index (Phi) is 4.25. The summed E-state index contributed by atoms with van der Waals surface area (Å²) in [5.41, 5.74) is 1.62. The molecule has 2 atom stereocenters. The summed E-state index contributed by atoms with van der Waals surface area (Å²) in [5.74, 6) is -0.224. The van der Waals surface area contributed by atoms with Crippen molar-refractivity contribution < 1.29 is 14.6 Å². The molecule has 0 bridgehead atoms. The van der Waals surface area contributed by atoms with E-state index in [0.717, 1.165) is 11.1 Å². The van der Waals surface area contributed by atoms with Gasteiger partial charge in [-0.3, -0.25) is 0 Å². The standard InChI is InChI=1S/C16H18FNO2/c1-10(12-4-3-5-14(17)6-12)18-11(2)13-7-15(19)9-16(20)8-13/h3-11,18-20H,1-2H3. The molecule has 0 heterocycles. The van der Waals surface area contributed by atoms with E-state index in [9.17, 15) is 14.6 Å². The molecule has 0 aliphatic rings. The van der Waals surface area contributed by atoms with Crippen molar-refractivity contribution in [2.75, 3.05) is 0 Å². The highest BCUT2D eigenvalue weighted by Crippen LogP contribution is 2.26. The highest BCUT2D eigenvalue weighted by molar-refractivity contribution is 5.38. The van der Waals surface area contributed by atoms with Crippen molar-refractivity contribution in [2.45, 2.75) is 25.9 Å². The van der Waals surface area contributed by atoms with E-state index in [-0.39, 0.29) is 29.4 Å². The van der Waals surface area contributed by atoms with Gasteiger partial charge >= 0.3 is 0 Å². The normalized spacial score (nSPS) is 13.9. The molecule has 0 fully saturated rings. The van der Waals surface area contributed by atoms with Gasteiger partial charge in [-0.05, 0) is 49.2 Å². The average Bonchev–Trinajstić information content (AvgIpc) is 2.37. The van der Waals surface area contributed by atoms with Gasteiger partial charge in [0.15, 0.2) is 0 Å². The Bertz CT molecular complexity index is 581. The quantitative estimate of drug-likeness (QED) is 0.798. The average molecular weight is 275 g/mol. The van der Waals surface area contributed by atoms with Gasteiger partial charge in [-0.1, -0.05) is 12.1 Å². The molecular formula is C16H18FNO2. The Balaban J connectivity index is 2.12. The van der Waals surface area contributed by atoms with Crippen LogP contribution in [0.4, 0.5) is 4.39 Å². The maximum Gasteiger partial charge on any atom is 0.123 e. The van der Waals surface area contributed by atoms with E-state index < -0.39 is 0 Å². The van der Waals surface area contributed by atoms with Crippen LogP contribution in [0.25, 0.3) is 0 Å². The first-order valence-corrected chi connectivity index (χ1v) is 6.50. The molecule has 0 saturated heterocycles. The van der Waals surface area contributed by atoms with Gasteiger partial charge in [-0.15, -0.1) is 0 Å². The van der Waals surface area contributed by atoms with Crippen LogP contribution in [0.3, 0.4) is 0 Å². The molecule has 0 aromatic heterocycles. The fourth-order valence-electron chi connectivity index (χ4n) is 2.21. The summed E-state index contributed by atoms with van der Waals surface area (Å²) in [7, 11) is 0. The van der Waals surface area contributed by atoms with E-state index in [1.807, 2.05) is 19.9 Å². The van der Waals surface area contributed by atoms with Crippen molar-refractivity contribution in [3.8, 4) is 11.5 Å². The SMILES string of the molecule is CC(NC(C)c1cccc(F)c1)c1cc(O)cc(O)c1. The van der Waals surface area contributed by atoms with E-state index in [1.165, 1.54) is 18.2 Å². The number of aromatic hydroxyl groups is 2. The number of phenols is 2. The fourth-order valence-corrected chi connectivity index (χ4v) is 2.21. The van der Waals surface area contributed by atoms with Crippen LogP contribution in [0.2, 0.25) is 0 Å². The zero-order valence-corrected chi connectivity index (χ0v) is 11.5. The first-order chi connectivity index (χ1) is 9.45. The number of hydrogen-bond donors (Lipinski definition) is 3. The molecule has 0 saturated carbocycles. The molecule has 2 aromatic rings. The van der Waals surface area contributed by atoms with Crippen molar-refractivity contribution >= 4 is 0 Å². The predicted octanol–water partition coefficient (Wildman–Crippen LogP) is 3.65. The van der Waals surface area contributed by atoms with Crippen LogP contribution in [0.1, 0.15) is 37.1 Å². The second-order valence-electron chi connectivity index (χ2n) is 4.95. The maximum atomic E-state index is 13.2. The number of benzene rings is 2. The second kappa shape index (κ2) is 5.92. The molecule has 0 aliphatic heterocycles. The summed E-state index contributed by atoms with van der Waals surface area (Å²) in [6.07, 6.45) is 0. The minimum absolute atomic E-state index is 0.0204. The smallest absolute Gasteiger partial charge is 0.123 e. The van der Waals surface area contributed by atoms with Gasteiger partial charge in [0.1, 0.15) is 17.3 Å². The van der Waals surface area contributed by atoms with E-state index in [2.05, 4.69) is 5.32 Å². The van der Waals surface area contributed by atoms with Crippen LogP contribution in [0.5, 0.6) is 11.5 Å². The summed E-state index contributed by atoms with van der Waals surface area (Å²) in [4.78, 5) is 0. The zero-order chi connectivity index (χ0) is 14.7. The van der Waals surface area contributed by atoms with E-state index in [0.29, 0.717) is 0 Å². The highest BCUT2D eigenvalue weighted by Gasteiger charge is 2.13. The van der Waals surface area contributed by atoms with Gasteiger partial charge < -0.3 is 15.5 Å². The molecule has 4 heteroatoms. The molecule has 0 spiro atoms. The topological polar surface area (TPSA) is 52.5 Å². The van der Waals surface area contributed by atoms with Gasteiger partial charge in [0.25, 0.3) is 0 Å². The lowest BCUT2D eigenvalue weighted by Crippen LogP contribution is -2.22. The van der Waals surface area contributed by atoms with E-state index >= 15 is 0 Å². The Hall–Kier alpha value is -2.07. The van der Waals surface area contributed by atoms with Crippen molar-refractivity contribution in [3.63, 3.8) is 0 Å². The van der Waals surface area contributed by atoms with Crippen LogP contribution in [0, 0.1) is 5.82 Å². The minimum Gasteiger partial charge on any atom is -0.508 e. The van der Waals surface area contributed by atoms with Gasteiger partial charge in [0.05, 0.1) is 0 Å². The third-order valence-electron chi connectivity index (χ3n) is 3.27. The minimum atomic E-state index is -0.265. The summed E-state index contributed by atoms with van der Waals surface area (Å²) < 4.78 is 13.2. The molecule has 106 valence electrons. The Morgan fingerprint density at radius 2 is 1.50 bits per heavy atom. The summed E-state index contributed by atoms with van der Waals surface area (Å²) in [6.45, 7) is 3.86. The van der Waals surface area contributed by atoms with Crippen LogP contribution in [-0.4, -0.2) is 10.2 Å². The first-order valence-electron chi connectivity index (χ1n) is 6.50. The van der Waals surface area contributed by atoms with Crippen LogP contribution >= 0.6 is 0 Å². The monoisotopic (exact) mass is 275 g/mol. The third kappa shape index (κ3) is 3.48. The lowest BCUT2D eigenvalue weighted by atomic mass is 10.0. The molecule has 20 heavy (non-hydrogen) atoms. The highest BCUT2D eigenvalue weighted by atomic mass is 19.1. The molecule has 3 N–H and O–H groups in total. The van der Waals surface area contributed by atoms with Crippen molar-refractivity contribution in [1.82, 2.24) is 5.32 Å². The number of rotatable bonds is 4. The summed E-state index contributed by atoms with van der Waals surface area (Å²) >= 11 is 0. The first kappa shape index (κ1) is 14.3. The van der Waals surface area contributed by atoms with E-state index in [4.69, 9.17) is 0 Å². The van der Waals surface area contributed by atoms with Gasteiger partial charge in [-0.2, -0.15) is 0 Å². The summed E-state index contributed by atoms with van der Waals surface area (Å²) in [5, 5.41) is 22.3. The summed E-state index contributed by atoms with van der Waals surface area (Å²) in [6, 6.07) is 10.8. The predicted molar refractivity (Wildman–Crippen MR) is 76.1 cm³/mol. The molecule has 3 nitrogen and oxygen atoms in total. The molecule has 2 aromatic carbocycles. The zero-order valence-electron chi connectivity index (χ0n) is 11.5. The molecule has 2 unspecified atom stereocenters. The van der Waals surface area contributed by atoms with E-state index in [1.54, 1.807) is 18.2 Å². The second-order valence-corrected chi connectivity index (χ2v) is 4.95. The largest absolute Gasteiger partial charge is 0.508 e. The maximum absolute atomic E-state index is 13.2. The fraction of sp³-hybridized carbons (Fsp3) is 0.250. The lowest BCUT2D eigenvalue weighted by Gasteiger charge is -2.21. The number of nitrogens with one attached hydrogen (secondary N) is 1. The molecule has 0 aliphatic carbocycles. The van der Waals surface area contributed by atoms with Crippen LogP contribution in [0.15, 0.2) is 42.5 Å². The number of hydrogen-bond acceptors (Lipinski definition) is 3. The third-order valence-corrected chi connectivity index (χ3v) is 3.27. The van der Waals surface area contributed by atoms with Crippen molar-refractivity contribution in [2.24, 2.45) is 0 Å². The van der Waals surface area contributed by atoms with Crippen LogP contribution < -0.4 is 5.32 Å². The molecule has 0 amide bonds. The number of phenolic OH excluding ortho intramolecular Hbond substituents is 2. The van der Waals surface area contributed by atoms with Gasteiger partial charge in [0.2, 0.25) is 0 Å². The molecule has 2 rings (SSSR count). The van der Waals surface area contributed by atoms with Crippen LogP contribution in [-0.2, 0) is 0 Å². The van der Waals surface area contributed by atoms with Crippen molar-refractivity contribution in [3.05, 3.63) is 59.4 Å². The lowest BCUT2D eigenvalue weighted by molar-refractivity contribution is 0.442. The van der Waals surface area contributed by atoms with Gasteiger partial charge in [-0.25, -0.2) is 4.39 Å². The van der Waals surface area contributed by atoms with Gasteiger partial charge in [0, 0.05) is 18.2 Å². The molecular weight excluding hydrogens is 257 g/mol. The molecule has 0 radical (unpaired) electrons. The number of halogens is 1. The Morgan fingerprint density at radius 1 is 0.900 bits per heavy atom. The van der Waals surface area contributed by atoms with Crippen molar-refractivity contribution in [1.29, 1.82) is 0 Å².